The first kappa shape index (κ1) is 21.0. The number of nitrogens with zero attached hydrogens (tertiary/aromatic N) is 1. The third-order valence-electron chi connectivity index (χ3n) is 2.22. The fourth-order valence-corrected chi connectivity index (χ4v) is 1.58. The second kappa shape index (κ2) is 9.55. The van der Waals surface area contributed by atoms with Crippen LogP contribution in [-0.2, 0) is 19.1 Å². The summed E-state index contributed by atoms with van der Waals surface area (Å²) < 4.78 is 5.56. The molecule has 0 aromatic heterocycles. The van der Waals surface area contributed by atoms with Crippen LogP contribution >= 0.6 is 0 Å². The Balaban J connectivity index is 0. The minimum Gasteiger partial charge on any atom is -1.00 e. The Morgan fingerprint density at radius 1 is 1.05 bits per heavy atom. The van der Waals surface area contributed by atoms with Gasteiger partial charge in [0, 0.05) is 12.8 Å². The van der Waals surface area contributed by atoms with Gasteiger partial charge in [-0.15, -0.1) is 0 Å². The molecule has 0 aliphatic carbocycles. The van der Waals surface area contributed by atoms with E-state index >= 15 is 0 Å². The van der Waals surface area contributed by atoms with E-state index in [4.69, 9.17) is 14.9 Å². The molecule has 0 unspecified atom stereocenters. The topological polar surface area (TPSA) is 101 Å². The van der Waals surface area contributed by atoms with E-state index in [1.54, 1.807) is 0 Å². The zero-order chi connectivity index (χ0) is 15.1. The summed E-state index contributed by atoms with van der Waals surface area (Å²) in [7, 11) is 5.60. The second-order valence-electron chi connectivity index (χ2n) is 5.43. The molecule has 0 spiro atoms. The first-order chi connectivity index (χ1) is 8.60. The largest absolute Gasteiger partial charge is 1.00 e. The van der Waals surface area contributed by atoms with Crippen molar-refractivity contribution in [2.45, 2.75) is 31.8 Å². The number of likely N-dealkylation sites (N-methyl/N-ethyl adjacent to an activating group) is 1. The van der Waals surface area contributed by atoms with Gasteiger partial charge in [-0.3, -0.25) is 14.4 Å². The molecule has 0 amide bonds. The highest BCUT2D eigenvalue weighted by atomic mass is 35.5. The van der Waals surface area contributed by atoms with Crippen molar-refractivity contribution in [1.29, 1.82) is 0 Å². The average Bonchev–Trinajstić information content (AvgIpc) is 2.12. The van der Waals surface area contributed by atoms with Crippen molar-refractivity contribution in [2.75, 3.05) is 27.7 Å². The molecule has 0 aromatic carbocycles. The zero-order valence-corrected chi connectivity index (χ0v) is 12.7. The van der Waals surface area contributed by atoms with Gasteiger partial charge in [-0.05, 0) is 6.42 Å². The van der Waals surface area contributed by atoms with E-state index in [1.807, 2.05) is 21.1 Å². The predicted molar refractivity (Wildman–Crippen MR) is 66.5 cm³/mol. The molecule has 0 saturated heterocycles. The summed E-state index contributed by atoms with van der Waals surface area (Å²) in [6.07, 6.45) is -0.874. The monoisotopic (exact) mass is 311 g/mol. The summed E-state index contributed by atoms with van der Waals surface area (Å²) in [5.41, 5.74) is 0. The summed E-state index contributed by atoms with van der Waals surface area (Å²) in [6.45, 7) is 0.386. The van der Waals surface area contributed by atoms with Crippen molar-refractivity contribution in [1.82, 2.24) is 0 Å². The smallest absolute Gasteiger partial charge is 0.307 e. The number of ether oxygens (including phenoxy) is 1. The molecule has 0 saturated carbocycles. The number of rotatable bonds is 9. The quantitative estimate of drug-likeness (QED) is 0.356. The second-order valence-corrected chi connectivity index (χ2v) is 5.43. The molecule has 0 heterocycles. The standard InChI is InChI=1S/C12H21NO6.ClH/c1-13(2,3)8-9(7-11(16)17)19-12(18)6-4-5-10(14)15;/h9H,4-8H2,1-3H3,(H-,14,15,16,17);1H/t9-;/m1./s1. The van der Waals surface area contributed by atoms with E-state index in [-0.39, 0.29) is 38.1 Å². The number of hydrogen-bond donors (Lipinski definition) is 2. The van der Waals surface area contributed by atoms with E-state index in [0.29, 0.717) is 11.0 Å². The molecule has 20 heavy (non-hydrogen) atoms. The number of quaternary nitrogens is 1. The van der Waals surface area contributed by atoms with E-state index in [1.165, 1.54) is 0 Å². The Kier molecular flexibility index (Phi) is 10.0. The molecule has 0 radical (unpaired) electrons. The maximum absolute atomic E-state index is 11.5. The van der Waals surface area contributed by atoms with Crippen molar-refractivity contribution in [3.63, 3.8) is 0 Å². The normalized spacial score (nSPS) is 12.2. The maximum Gasteiger partial charge on any atom is 0.307 e. The first-order valence-corrected chi connectivity index (χ1v) is 6.03. The van der Waals surface area contributed by atoms with Gasteiger partial charge in [0.2, 0.25) is 0 Å². The first-order valence-electron chi connectivity index (χ1n) is 6.03. The number of hydrogen-bond acceptors (Lipinski definition) is 4. The lowest BCUT2D eigenvalue weighted by Crippen LogP contribution is -3.00. The van der Waals surface area contributed by atoms with Crippen LogP contribution in [0.3, 0.4) is 0 Å². The Bertz CT molecular complexity index is 339. The van der Waals surface area contributed by atoms with Gasteiger partial charge in [0.15, 0.2) is 6.10 Å². The van der Waals surface area contributed by atoms with Crippen molar-refractivity contribution < 1.29 is 46.2 Å². The molecule has 0 aromatic rings. The number of aliphatic carboxylic acids is 2. The van der Waals surface area contributed by atoms with Crippen molar-refractivity contribution >= 4 is 17.9 Å². The summed E-state index contributed by atoms with van der Waals surface area (Å²) in [4.78, 5) is 32.5. The maximum atomic E-state index is 11.5. The average molecular weight is 312 g/mol. The third kappa shape index (κ3) is 13.1. The van der Waals surface area contributed by atoms with Crippen LogP contribution in [0.25, 0.3) is 0 Å². The number of carboxylic acids is 2. The highest BCUT2D eigenvalue weighted by Gasteiger charge is 2.24. The molecular formula is C12H22ClNO6. The number of carbonyl (C=O) groups is 3. The Morgan fingerprint density at radius 2 is 1.60 bits per heavy atom. The molecule has 0 aliphatic heterocycles. The summed E-state index contributed by atoms with van der Waals surface area (Å²) >= 11 is 0. The summed E-state index contributed by atoms with van der Waals surface area (Å²) in [5, 5.41) is 17.2. The van der Waals surface area contributed by atoms with Crippen LogP contribution < -0.4 is 12.4 Å². The van der Waals surface area contributed by atoms with E-state index in [0.717, 1.165) is 0 Å². The highest BCUT2D eigenvalue weighted by Crippen LogP contribution is 2.08. The molecule has 7 nitrogen and oxygen atoms in total. The Hall–Kier alpha value is -1.34. The van der Waals surface area contributed by atoms with Crippen LogP contribution in [0.1, 0.15) is 25.7 Å². The van der Waals surface area contributed by atoms with Crippen LogP contribution in [0.5, 0.6) is 0 Å². The molecule has 118 valence electrons. The highest BCUT2D eigenvalue weighted by molar-refractivity contribution is 5.72. The molecule has 1 atom stereocenters. The van der Waals surface area contributed by atoms with Crippen molar-refractivity contribution in [3.05, 3.63) is 0 Å². The van der Waals surface area contributed by atoms with Crippen LogP contribution in [-0.4, -0.2) is 66.4 Å². The van der Waals surface area contributed by atoms with Crippen LogP contribution in [0.4, 0.5) is 0 Å². The van der Waals surface area contributed by atoms with E-state index < -0.39 is 24.0 Å². The fourth-order valence-electron chi connectivity index (χ4n) is 1.58. The Labute approximate surface area is 124 Å². The lowest BCUT2D eigenvalue weighted by Gasteiger charge is -2.28. The van der Waals surface area contributed by atoms with Crippen molar-refractivity contribution in [2.24, 2.45) is 0 Å². The summed E-state index contributed by atoms with van der Waals surface area (Å²) in [6, 6.07) is 0. The minimum atomic E-state index is -1.03. The van der Waals surface area contributed by atoms with Crippen LogP contribution in [0.15, 0.2) is 0 Å². The van der Waals surface area contributed by atoms with Gasteiger partial charge in [-0.25, -0.2) is 0 Å². The van der Waals surface area contributed by atoms with Crippen LogP contribution in [0.2, 0.25) is 0 Å². The summed E-state index contributed by atoms with van der Waals surface area (Å²) in [5.74, 6) is -2.56. The fraction of sp³-hybridized carbons (Fsp3) is 0.750. The van der Waals surface area contributed by atoms with Gasteiger partial charge < -0.3 is 31.8 Å². The molecule has 2 N–H and O–H groups in total. The lowest BCUT2D eigenvalue weighted by atomic mass is 10.2. The SMILES string of the molecule is C[N+](C)(C)C[C@@H](CC(=O)O)OC(=O)CCCC(=O)O.[Cl-]. The molecule has 0 fully saturated rings. The van der Waals surface area contributed by atoms with Crippen molar-refractivity contribution in [3.8, 4) is 0 Å². The molecule has 0 bridgehead atoms. The zero-order valence-electron chi connectivity index (χ0n) is 12.0. The predicted octanol–water partition coefficient (Wildman–Crippen LogP) is -2.66. The van der Waals surface area contributed by atoms with Gasteiger partial charge in [-0.1, -0.05) is 0 Å². The third-order valence-corrected chi connectivity index (χ3v) is 2.22. The molecule has 0 rings (SSSR count). The van der Waals surface area contributed by atoms with Gasteiger partial charge in [0.05, 0.1) is 27.6 Å². The van der Waals surface area contributed by atoms with Gasteiger partial charge >= 0.3 is 17.9 Å². The molecule has 8 heteroatoms. The Morgan fingerprint density at radius 3 is 2.00 bits per heavy atom. The van der Waals surface area contributed by atoms with E-state index in [9.17, 15) is 14.4 Å². The molecular weight excluding hydrogens is 290 g/mol. The number of carbonyl (C=O) groups excluding carboxylic acids is 1. The minimum absolute atomic E-state index is 0. The van der Waals surface area contributed by atoms with E-state index in [2.05, 4.69) is 0 Å². The van der Waals surface area contributed by atoms with Gasteiger partial charge in [0.25, 0.3) is 0 Å². The van der Waals surface area contributed by atoms with Gasteiger partial charge in [-0.2, -0.15) is 0 Å². The molecule has 0 aliphatic rings. The van der Waals surface area contributed by atoms with Crippen LogP contribution in [0, 0.1) is 0 Å². The number of carboxylic acid groups (broad SMARTS) is 2. The number of halogens is 1. The lowest BCUT2D eigenvalue weighted by molar-refractivity contribution is -0.873. The van der Waals surface area contributed by atoms with Gasteiger partial charge in [0.1, 0.15) is 6.54 Å². The number of esters is 1.